The molecule has 4 rings (SSSR count). The molecule has 3 heterocycles. The van der Waals surface area contributed by atoms with Crippen LogP contribution in [0.2, 0.25) is 0 Å². The topological polar surface area (TPSA) is 115 Å². The molecule has 3 aromatic heterocycles. The van der Waals surface area contributed by atoms with Crippen molar-refractivity contribution >= 4 is 17.1 Å². The number of hydrogen-bond donors (Lipinski definition) is 1. The van der Waals surface area contributed by atoms with Crippen LogP contribution in [0.3, 0.4) is 0 Å². The van der Waals surface area contributed by atoms with Crippen molar-refractivity contribution in [3.63, 3.8) is 0 Å². The molecule has 1 N–H and O–H groups in total. The summed E-state index contributed by atoms with van der Waals surface area (Å²) in [5, 5.41) is 2.79. The van der Waals surface area contributed by atoms with Crippen LogP contribution in [0.15, 0.2) is 58.0 Å². The Kier molecular flexibility index (Phi) is 8.06. The molecule has 0 atom stereocenters. The number of amides is 1. The van der Waals surface area contributed by atoms with Gasteiger partial charge in [0.1, 0.15) is 5.69 Å². The third kappa shape index (κ3) is 6.14. The van der Waals surface area contributed by atoms with Crippen LogP contribution in [-0.2, 0) is 6.54 Å². The molecule has 0 saturated heterocycles. The van der Waals surface area contributed by atoms with Crippen LogP contribution < -0.4 is 15.8 Å². The standard InChI is InChI=1S/C26H30N6O4/c1-4-11-27-25(33)21-9-10-22-24(30-21)32(26(34)36-22)17-18-7-5-8-19(14-18)23-28-15-20(16-29-23)35-13-6-12-31(2)3/h5,7-10,14-16H,4,6,11-13,17H2,1-3H3,(H,27,33). The number of hydrogen-bond acceptors (Lipinski definition) is 8. The van der Waals surface area contributed by atoms with E-state index in [4.69, 9.17) is 9.15 Å². The third-order valence-corrected chi connectivity index (χ3v) is 5.45. The summed E-state index contributed by atoms with van der Waals surface area (Å²) in [6.07, 6.45) is 5.05. The first-order valence-electron chi connectivity index (χ1n) is 11.9. The van der Waals surface area contributed by atoms with Gasteiger partial charge in [-0.25, -0.2) is 19.7 Å². The van der Waals surface area contributed by atoms with Gasteiger partial charge in [0.2, 0.25) is 0 Å². The van der Waals surface area contributed by atoms with Gasteiger partial charge in [0, 0.05) is 18.7 Å². The number of nitrogens with zero attached hydrogens (tertiary/aromatic N) is 5. The van der Waals surface area contributed by atoms with Gasteiger partial charge in [0.25, 0.3) is 5.91 Å². The number of oxazole rings is 1. The first-order valence-corrected chi connectivity index (χ1v) is 11.9. The molecule has 0 radical (unpaired) electrons. The number of pyridine rings is 1. The maximum absolute atomic E-state index is 12.5. The van der Waals surface area contributed by atoms with Crippen molar-refractivity contribution in [1.82, 2.24) is 29.7 Å². The predicted molar refractivity (Wildman–Crippen MR) is 136 cm³/mol. The molecule has 4 aromatic rings. The minimum Gasteiger partial charge on any atom is -0.490 e. The van der Waals surface area contributed by atoms with E-state index in [0.717, 1.165) is 30.5 Å². The molecule has 0 aliphatic rings. The summed E-state index contributed by atoms with van der Waals surface area (Å²) in [7, 11) is 4.05. The molecule has 0 unspecified atom stereocenters. The Balaban J connectivity index is 1.51. The Hall–Kier alpha value is -4.05. The van der Waals surface area contributed by atoms with E-state index in [-0.39, 0.29) is 18.1 Å². The largest absolute Gasteiger partial charge is 0.490 e. The van der Waals surface area contributed by atoms with Gasteiger partial charge in [0.15, 0.2) is 22.8 Å². The summed E-state index contributed by atoms with van der Waals surface area (Å²) < 4.78 is 12.5. The average molecular weight is 491 g/mol. The van der Waals surface area contributed by atoms with Gasteiger partial charge in [-0.05, 0) is 50.7 Å². The fourth-order valence-electron chi connectivity index (χ4n) is 3.64. The molecule has 10 nitrogen and oxygen atoms in total. The lowest BCUT2D eigenvalue weighted by atomic mass is 10.1. The van der Waals surface area contributed by atoms with Crippen LogP contribution >= 0.6 is 0 Å². The number of benzene rings is 1. The summed E-state index contributed by atoms with van der Waals surface area (Å²) in [4.78, 5) is 40.2. The average Bonchev–Trinajstić information content (AvgIpc) is 3.19. The highest BCUT2D eigenvalue weighted by molar-refractivity contribution is 5.93. The molecule has 0 aliphatic heterocycles. The number of fused-ring (bicyclic) bond motifs is 1. The molecular formula is C26H30N6O4. The van der Waals surface area contributed by atoms with Gasteiger partial charge >= 0.3 is 5.76 Å². The zero-order chi connectivity index (χ0) is 25.5. The van der Waals surface area contributed by atoms with Gasteiger partial charge in [-0.2, -0.15) is 0 Å². The molecule has 1 amide bonds. The van der Waals surface area contributed by atoms with Crippen molar-refractivity contribution in [3.8, 4) is 17.1 Å². The van der Waals surface area contributed by atoms with E-state index < -0.39 is 5.76 Å². The maximum Gasteiger partial charge on any atom is 0.421 e. The Morgan fingerprint density at radius 1 is 1.17 bits per heavy atom. The first kappa shape index (κ1) is 25.1. The van der Waals surface area contributed by atoms with Crippen molar-refractivity contribution in [2.45, 2.75) is 26.3 Å². The molecule has 188 valence electrons. The SMILES string of the molecule is CCCNC(=O)c1ccc2oc(=O)n(Cc3cccc(-c4ncc(OCCCN(C)C)cn4)c3)c2n1. The smallest absolute Gasteiger partial charge is 0.421 e. The summed E-state index contributed by atoms with van der Waals surface area (Å²) >= 11 is 0. The van der Waals surface area contributed by atoms with E-state index in [2.05, 4.69) is 25.2 Å². The Bertz CT molecular complexity index is 1380. The normalized spacial score (nSPS) is 11.2. The van der Waals surface area contributed by atoms with Crippen molar-refractivity contribution in [3.05, 3.63) is 70.6 Å². The second-order valence-electron chi connectivity index (χ2n) is 8.68. The second kappa shape index (κ2) is 11.6. The van der Waals surface area contributed by atoms with Crippen molar-refractivity contribution in [2.75, 3.05) is 33.8 Å². The highest BCUT2D eigenvalue weighted by Gasteiger charge is 2.15. The Labute approximate surface area is 209 Å². The highest BCUT2D eigenvalue weighted by Crippen LogP contribution is 2.20. The van der Waals surface area contributed by atoms with Gasteiger partial charge in [-0.15, -0.1) is 0 Å². The lowest BCUT2D eigenvalue weighted by Crippen LogP contribution is -2.25. The molecular weight excluding hydrogens is 460 g/mol. The Morgan fingerprint density at radius 2 is 1.97 bits per heavy atom. The van der Waals surface area contributed by atoms with Gasteiger partial charge in [-0.1, -0.05) is 25.1 Å². The minimum absolute atomic E-state index is 0.222. The lowest BCUT2D eigenvalue weighted by molar-refractivity contribution is 0.0949. The number of ether oxygens (including phenoxy) is 1. The second-order valence-corrected chi connectivity index (χ2v) is 8.68. The van der Waals surface area contributed by atoms with Crippen molar-refractivity contribution in [2.24, 2.45) is 0 Å². The fraction of sp³-hybridized carbons (Fsp3) is 0.346. The van der Waals surface area contributed by atoms with Crippen LogP contribution in [0, 0.1) is 0 Å². The van der Waals surface area contributed by atoms with Crippen LogP contribution in [-0.4, -0.2) is 64.1 Å². The molecule has 0 saturated carbocycles. The van der Waals surface area contributed by atoms with E-state index in [9.17, 15) is 9.59 Å². The zero-order valence-corrected chi connectivity index (χ0v) is 20.7. The van der Waals surface area contributed by atoms with Gasteiger partial charge < -0.3 is 19.4 Å². The van der Waals surface area contributed by atoms with Gasteiger partial charge in [0.05, 0.1) is 25.5 Å². The minimum atomic E-state index is -0.541. The Morgan fingerprint density at radius 3 is 2.72 bits per heavy atom. The number of nitrogens with one attached hydrogen (secondary N) is 1. The van der Waals surface area contributed by atoms with E-state index in [1.165, 1.54) is 4.57 Å². The van der Waals surface area contributed by atoms with Crippen molar-refractivity contribution < 1.29 is 13.9 Å². The molecule has 10 heteroatoms. The van der Waals surface area contributed by atoms with Crippen LogP contribution in [0.1, 0.15) is 35.8 Å². The molecule has 36 heavy (non-hydrogen) atoms. The summed E-state index contributed by atoms with van der Waals surface area (Å²) in [6, 6.07) is 10.7. The fourth-order valence-corrected chi connectivity index (χ4v) is 3.64. The van der Waals surface area contributed by atoms with E-state index in [1.807, 2.05) is 45.3 Å². The quantitative estimate of drug-likeness (QED) is 0.319. The lowest BCUT2D eigenvalue weighted by Gasteiger charge is -2.10. The number of carbonyl (C=O) groups excluding carboxylic acids is 1. The number of aromatic nitrogens is 4. The number of rotatable bonds is 11. The molecule has 0 spiro atoms. The molecule has 0 fully saturated rings. The first-order chi connectivity index (χ1) is 17.4. The van der Waals surface area contributed by atoms with E-state index in [1.54, 1.807) is 24.5 Å². The molecule has 1 aromatic carbocycles. The third-order valence-electron chi connectivity index (χ3n) is 5.45. The summed E-state index contributed by atoms with van der Waals surface area (Å²) in [5.41, 5.74) is 2.53. The summed E-state index contributed by atoms with van der Waals surface area (Å²) in [5.74, 6) is 0.342. The van der Waals surface area contributed by atoms with Gasteiger partial charge in [-0.3, -0.25) is 9.36 Å². The monoisotopic (exact) mass is 490 g/mol. The van der Waals surface area contributed by atoms with E-state index >= 15 is 0 Å². The van der Waals surface area contributed by atoms with E-state index in [0.29, 0.717) is 36.0 Å². The predicted octanol–water partition coefficient (Wildman–Crippen LogP) is 2.97. The number of carbonyl (C=O) groups is 1. The van der Waals surface area contributed by atoms with Crippen LogP contribution in [0.5, 0.6) is 5.75 Å². The summed E-state index contributed by atoms with van der Waals surface area (Å²) in [6.45, 7) is 4.29. The van der Waals surface area contributed by atoms with Crippen molar-refractivity contribution in [1.29, 1.82) is 0 Å². The zero-order valence-electron chi connectivity index (χ0n) is 20.7. The van der Waals surface area contributed by atoms with Crippen LogP contribution in [0.25, 0.3) is 22.6 Å². The highest BCUT2D eigenvalue weighted by atomic mass is 16.5. The molecule has 0 aliphatic carbocycles. The molecule has 0 bridgehead atoms. The maximum atomic E-state index is 12.5. The van der Waals surface area contributed by atoms with Crippen LogP contribution in [0.4, 0.5) is 0 Å².